The molecule has 20 heavy (non-hydrogen) atoms. The summed E-state index contributed by atoms with van der Waals surface area (Å²) in [6.45, 7) is 0.524. The quantitative estimate of drug-likeness (QED) is 0.749. The fourth-order valence-electron chi connectivity index (χ4n) is 2.47. The molecule has 2 rings (SSSR count). The third-order valence-electron chi connectivity index (χ3n) is 3.29. The number of aliphatic hydroxyl groups is 1. The molecule has 0 amide bonds. The molecule has 1 fully saturated rings. The first-order valence-electron chi connectivity index (χ1n) is 6.34. The van der Waals surface area contributed by atoms with Crippen molar-refractivity contribution >= 4 is 10.0 Å². The number of hydrogen-bond acceptors (Lipinski definition) is 5. The predicted molar refractivity (Wildman–Crippen MR) is 73.9 cm³/mol. The fourth-order valence-corrected chi connectivity index (χ4v) is 4.18. The van der Waals surface area contributed by atoms with Crippen LogP contribution in [-0.4, -0.2) is 67.0 Å². The van der Waals surface area contributed by atoms with Gasteiger partial charge >= 0.3 is 0 Å². The molecule has 2 N–H and O–H groups in total. The lowest BCUT2D eigenvalue weighted by Gasteiger charge is -2.25. The van der Waals surface area contributed by atoms with Crippen LogP contribution in [0.3, 0.4) is 0 Å². The van der Waals surface area contributed by atoms with E-state index in [4.69, 9.17) is 0 Å². The van der Waals surface area contributed by atoms with Crippen molar-refractivity contribution in [1.82, 2.24) is 14.2 Å². The molecule has 2 atom stereocenters. The van der Waals surface area contributed by atoms with Crippen LogP contribution >= 0.6 is 0 Å². The molecule has 1 saturated heterocycles. The van der Waals surface area contributed by atoms with Gasteiger partial charge in [-0.25, -0.2) is 8.42 Å². The van der Waals surface area contributed by atoms with Crippen LogP contribution in [0.25, 0.3) is 0 Å². The highest BCUT2D eigenvalue weighted by molar-refractivity contribution is 7.89. The van der Waals surface area contributed by atoms with Gasteiger partial charge < -0.3 is 15.0 Å². The van der Waals surface area contributed by atoms with Gasteiger partial charge in [-0.05, 0) is 20.5 Å². The summed E-state index contributed by atoms with van der Waals surface area (Å²) in [5.41, 5.74) is -0.547. The number of hydrogen-bond donors (Lipinski definition) is 2. The Balaban J connectivity index is 2.38. The average Bonchev–Trinajstić information content (AvgIpc) is 2.70. The molecule has 1 aliphatic heterocycles. The lowest BCUT2D eigenvalue weighted by atomic mass is 10.2. The molecule has 0 aliphatic carbocycles. The Morgan fingerprint density at radius 2 is 2.20 bits per heavy atom. The minimum Gasteiger partial charge on any atom is -0.392 e. The van der Waals surface area contributed by atoms with Crippen LogP contribution in [0.4, 0.5) is 0 Å². The van der Waals surface area contributed by atoms with E-state index >= 15 is 0 Å². The molecule has 2 heterocycles. The first-order valence-corrected chi connectivity index (χ1v) is 7.78. The number of nitrogens with one attached hydrogen (secondary N) is 1. The van der Waals surface area contributed by atoms with Gasteiger partial charge in [-0.15, -0.1) is 0 Å². The normalized spacial score (nSPS) is 24.4. The van der Waals surface area contributed by atoms with Crippen molar-refractivity contribution in [2.45, 2.75) is 23.5 Å². The van der Waals surface area contributed by atoms with Crippen molar-refractivity contribution < 1.29 is 13.5 Å². The molecule has 7 nitrogen and oxygen atoms in total. The number of aromatic nitrogens is 1. The zero-order valence-corrected chi connectivity index (χ0v) is 12.3. The summed E-state index contributed by atoms with van der Waals surface area (Å²) < 4.78 is 26.4. The first-order chi connectivity index (χ1) is 9.32. The lowest BCUT2D eigenvalue weighted by molar-refractivity contribution is 0.188. The van der Waals surface area contributed by atoms with Crippen molar-refractivity contribution in [3.8, 4) is 0 Å². The predicted octanol–water partition coefficient (Wildman–Crippen LogP) is -0.940. The number of rotatable bonds is 4. The molecule has 0 bridgehead atoms. The number of β-amino-alcohol motifs (C(OH)–C–C–N with tert-alkyl or cyclic N) is 1. The summed E-state index contributed by atoms with van der Waals surface area (Å²) >= 11 is 0. The minimum atomic E-state index is -3.89. The van der Waals surface area contributed by atoms with Crippen molar-refractivity contribution in [2.24, 2.45) is 0 Å². The molecule has 1 aliphatic rings. The number of aliphatic hydroxyl groups excluding tert-OH is 1. The molecule has 0 aromatic carbocycles. The van der Waals surface area contributed by atoms with Gasteiger partial charge in [-0.3, -0.25) is 4.79 Å². The number of likely N-dealkylation sites (N-methyl/N-ethyl adjacent to an activating group) is 1. The Kier molecular flexibility index (Phi) is 4.28. The molecule has 1 aromatic rings. The smallest absolute Gasteiger partial charge is 0.248 e. The second-order valence-corrected chi connectivity index (χ2v) is 7.11. The van der Waals surface area contributed by atoms with E-state index in [1.807, 2.05) is 19.0 Å². The monoisotopic (exact) mass is 301 g/mol. The topological polar surface area (TPSA) is 93.7 Å². The summed E-state index contributed by atoms with van der Waals surface area (Å²) in [7, 11) is -0.218. The maximum absolute atomic E-state index is 12.6. The second-order valence-electron chi connectivity index (χ2n) is 5.25. The molecule has 0 radical (unpaired) electrons. The van der Waals surface area contributed by atoms with Gasteiger partial charge in [0, 0.05) is 37.6 Å². The van der Waals surface area contributed by atoms with Crippen LogP contribution in [0.1, 0.15) is 6.42 Å². The van der Waals surface area contributed by atoms with E-state index in [9.17, 15) is 18.3 Å². The summed E-state index contributed by atoms with van der Waals surface area (Å²) in [5, 5.41) is 9.75. The van der Waals surface area contributed by atoms with Crippen molar-refractivity contribution in [2.75, 3.05) is 27.2 Å². The van der Waals surface area contributed by atoms with Crippen LogP contribution in [0.2, 0.25) is 0 Å². The van der Waals surface area contributed by atoms with Gasteiger partial charge in [0.05, 0.1) is 6.10 Å². The first kappa shape index (κ1) is 15.2. The van der Waals surface area contributed by atoms with Gasteiger partial charge in [-0.2, -0.15) is 4.31 Å². The summed E-state index contributed by atoms with van der Waals surface area (Å²) in [6, 6.07) is 0.852. The molecule has 8 heteroatoms. The number of pyridine rings is 1. The highest BCUT2D eigenvalue weighted by Gasteiger charge is 2.40. The van der Waals surface area contributed by atoms with E-state index in [2.05, 4.69) is 4.98 Å². The lowest BCUT2D eigenvalue weighted by Crippen LogP contribution is -2.42. The Morgan fingerprint density at radius 1 is 1.50 bits per heavy atom. The summed E-state index contributed by atoms with van der Waals surface area (Å²) in [6.07, 6.45) is 2.26. The van der Waals surface area contributed by atoms with Crippen LogP contribution in [-0.2, 0) is 10.0 Å². The second kappa shape index (κ2) is 5.65. The van der Waals surface area contributed by atoms with Gasteiger partial charge in [-0.1, -0.05) is 0 Å². The Morgan fingerprint density at radius 3 is 2.80 bits per heavy atom. The number of H-pyrrole nitrogens is 1. The van der Waals surface area contributed by atoms with Gasteiger partial charge in [0.2, 0.25) is 15.5 Å². The molecule has 1 aromatic heterocycles. The van der Waals surface area contributed by atoms with Gasteiger partial charge in [0.1, 0.15) is 4.90 Å². The molecular weight excluding hydrogens is 282 g/mol. The van der Waals surface area contributed by atoms with Crippen LogP contribution in [0, 0.1) is 0 Å². The van der Waals surface area contributed by atoms with Crippen molar-refractivity contribution in [1.29, 1.82) is 0 Å². The summed E-state index contributed by atoms with van der Waals surface area (Å²) in [5.74, 6) is 0. The highest BCUT2D eigenvalue weighted by Crippen LogP contribution is 2.25. The van der Waals surface area contributed by atoms with E-state index in [1.165, 1.54) is 22.8 Å². The molecule has 0 saturated carbocycles. The summed E-state index contributed by atoms with van der Waals surface area (Å²) in [4.78, 5) is 15.9. The maximum atomic E-state index is 12.6. The maximum Gasteiger partial charge on any atom is 0.248 e. The average molecular weight is 301 g/mol. The van der Waals surface area contributed by atoms with E-state index < -0.39 is 21.6 Å². The largest absolute Gasteiger partial charge is 0.392 e. The van der Waals surface area contributed by atoms with Gasteiger partial charge in [0.15, 0.2) is 0 Å². The SMILES string of the molecule is CN(C)CC1CC(O)CN1S(=O)(=O)c1c[nH]ccc1=O. The van der Waals surface area contributed by atoms with Gasteiger partial charge in [0.25, 0.3) is 0 Å². The van der Waals surface area contributed by atoms with Crippen LogP contribution in [0.15, 0.2) is 28.2 Å². The Labute approximate surface area is 117 Å². The number of nitrogens with zero attached hydrogens (tertiary/aromatic N) is 2. The number of sulfonamides is 1. The number of aromatic amines is 1. The van der Waals surface area contributed by atoms with E-state index in [1.54, 1.807) is 0 Å². The van der Waals surface area contributed by atoms with Crippen molar-refractivity contribution in [3.63, 3.8) is 0 Å². The standard InChI is InChI=1S/C12H19N3O4S/c1-14(2)7-9-5-10(16)8-15(9)20(18,19)12-6-13-4-3-11(12)17/h3-4,6,9-10,16H,5,7-8H2,1-2H3,(H,13,17). The Hall–Kier alpha value is -1.22. The zero-order chi connectivity index (χ0) is 14.9. The van der Waals surface area contributed by atoms with Crippen molar-refractivity contribution in [3.05, 3.63) is 28.7 Å². The fraction of sp³-hybridized carbons (Fsp3) is 0.583. The van der Waals surface area contributed by atoms with E-state index in [-0.39, 0.29) is 17.5 Å². The Bertz CT molecular complexity index is 626. The highest BCUT2D eigenvalue weighted by atomic mass is 32.2. The van der Waals surface area contributed by atoms with Crippen LogP contribution in [0.5, 0.6) is 0 Å². The zero-order valence-electron chi connectivity index (χ0n) is 11.5. The van der Waals surface area contributed by atoms with Crippen LogP contribution < -0.4 is 5.43 Å². The minimum absolute atomic E-state index is 0.0230. The third kappa shape index (κ3) is 2.93. The third-order valence-corrected chi connectivity index (χ3v) is 5.23. The van der Waals surface area contributed by atoms with E-state index in [0.717, 1.165) is 0 Å². The molecule has 112 valence electrons. The van der Waals surface area contributed by atoms with E-state index in [0.29, 0.717) is 13.0 Å². The molecule has 0 spiro atoms. The molecular formula is C12H19N3O4S. The molecule has 2 unspecified atom stereocenters.